The second kappa shape index (κ2) is 4.78. The molecule has 0 aliphatic rings. The fraction of sp³-hybridized carbons (Fsp3) is 0.0714. The van der Waals surface area contributed by atoms with Gasteiger partial charge in [0, 0.05) is 23.6 Å². The number of aryl methyl sites for hydroxylation is 1. The normalized spacial score (nSPS) is 10.6. The van der Waals surface area contributed by atoms with Crippen LogP contribution in [0, 0.1) is 6.92 Å². The van der Waals surface area contributed by atoms with Crippen LogP contribution in [0.5, 0.6) is 0 Å². The number of nitrogens with one attached hydrogen (secondary N) is 1. The van der Waals surface area contributed by atoms with Crippen molar-refractivity contribution in [1.29, 1.82) is 0 Å². The summed E-state index contributed by atoms with van der Waals surface area (Å²) in [6.45, 7) is 1.91. The third-order valence-electron chi connectivity index (χ3n) is 2.86. The van der Waals surface area contributed by atoms with Gasteiger partial charge in [0.25, 0.3) is 5.91 Å². The standard InChI is InChI=1S/C14H11N3OS/c1-9-7-15-5-4-11(9)17-14(18)10-2-3-13-12(6-10)16-8-19-13/h2-8H,1H3,(H,15,17,18). The topological polar surface area (TPSA) is 54.9 Å². The molecule has 0 atom stereocenters. The number of benzene rings is 1. The Balaban J connectivity index is 1.89. The van der Waals surface area contributed by atoms with E-state index < -0.39 is 0 Å². The Morgan fingerprint density at radius 2 is 2.21 bits per heavy atom. The van der Waals surface area contributed by atoms with Gasteiger partial charge in [-0.2, -0.15) is 0 Å². The van der Waals surface area contributed by atoms with Crippen molar-refractivity contribution in [2.45, 2.75) is 6.92 Å². The Labute approximate surface area is 114 Å². The van der Waals surface area contributed by atoms with Gasteiger partial charge < -0.3 is 5.32 Å². The number of thiazole rings is 1. The summed E-state index contributed by atoms with van der Waals surface area (Å²) in [7, 11) is 0. The van der Waals surface area contributed by atoms with Crippen LogP contribution < -0.4 is 5.32 Å². The average Bonchev–Trinajstić information content (AvgIpc) is 2.88. The van der Waals surface area contributed by atoms with E-state index in [9.17, 15) is 4.79 Å². The smallest absolute Gasteiger partial charge is 0.255 e. The first-order valence-electron chi connectivity index (χ1n) is 5.79. The van der Waals surface area contributed by atoms with Crippen LogP contribution in [-0.2, 0) is 0 Å². The molecule has 94 valence electrons. The third kappa shape index (κ3) is 2.32. The fourth-order valence-electron chi connectivity index (χ4n) is 1.81. The highest BCUT2D eigenvalue weighted by atomic mass is 32.1. The maximum atomic E-state index is 12.2. The molecule has 1 N–H and O–H groups in total. The lowest BCUT2D eigenvalue weighted by atomic mass is 10.2. The fourth-order valence-corrected chi connectivity index (χ4v) is 2.47. The van der Waals surface area contributed by atoms with Gasteiger partial charge in [-0.15, -0.1) is 11.3 Å². The van der Waals surface area contributed by atoms with Crippen LogP contribution >= 0.6 is 11.3 Å². The summed E-state index contributed by atoms with van der Waals surface area (Å²) < 4.78 is 1.08. The van der Waals surface area contributed by atoms with Crippen molar-refractivity contribution >= 4 is 33.1 Å². The van der Waals surface area contributed by atoms with Gasteiger partial charge in [0.1, 0.15) is 0 Å². The lowest BCUT2D eigenvalue weighted by Crippen LogP contribution is -2.12. The summed E-state index contributed by atoms with van der Waals surface area (Å²) in [5.74, 6) is -0.135. The highest BCUT2D eigenvalue weighted by Gasteiger charge is 2.09. The number of pyridine rings is 1. The predicted octanol–water partition coefficient (Wildman–Crippen LogP) is 3.25. The Hall–Kier alpha value is -2.27. The maximum Gasteiger partial charge on any atom is 0.255 e. The van der Waals surface area contributed by atoms with Gasteiger partial charge in [0.05, 0.1) is 15.7 Å². The van der Waals surface area contributed by atoms with E-state index >= 15 is 0 Å². The largest absolute Gasteiger partial charge is 0.322 e. The Morgan fingerprint density at radius 3 is 3.05 bits per heavy atom. The van der Waals surface area contributed by atoms with Crippen LogP contribution in [0.3, 0.4) is 0 Å². The van der Waals surface area contributed by atoms with Gasteiger partial charge in [-0.1, -0.05) is 0 Å². The van der Waals surface area contributed by atoms with E-state index in [0.29, 0.717) is 5.56 Å². The molecule has 2 heterocycles. The van der Waals surface area contributed by atoms with E-state index in [1.54, 1.807) is 41.4 Å². The van der Waals surface area contributed by atoms with E-state index in [4.69, 9.17) is 0 Å². The maximum absolute atomic E-state index is 12.2. The van der Waals surface area contributed by atoms with Crippen LogP contribution in [-0.4, -0.2) is 15.9 Å². The molecule has 0 saturated carbocycles. The molecule has 2 aromatic heterocycles. The molecule has 1 amide bonds. The zero-order valence-corrected chi connectivity index (χ0v) is 11.1. The van der Waals surface area contributed by atoms with Crippen LogP contribution in [0.15, 0.2) is 42.2 Å². The van der Waals surface area contributed by atoms with E-state index in [0.717, 1.165) is 21.5 Å². The Morgan fingerprint density at radius 1 is 1.32 bits per heavy atom. The minimum atomic E-state index is -0.135. The van der Waals surface area contributed by atoms with Crippen molar-refractivity contribution in [2.24, 2.45) is 0 Å². The van der Waals surface area contributed by atoms with Gasteiger partial charge in [-0.05, 0) is 36.8 Å². The van der Waals surface area contributed by atoms with Crippen LogP contribution in [0.1, 0.15) is 15.9 Å². The molecular formula is C14H11N3OS. The molecule has 3 rings (SSSR count). The van der Waals surface area contributed by atoms with Crippen molar-refractivity contribution in [3.63, 3.8) is 0 Å². The van der Waals surface area contributed by atoms with Crippen molar-refractivity contribution in [3.8, 4) is 0 Å². The van der Waals surface area contributed by atoms with Crippen molar-refractivity contribution in [3.05, 3.63) is 53.3 Å². The molecule has 0 fully saturated rings. The SMILES string of the molecule is Cc1cnccc1NC(=O)c1ccc2scnc2c1. The van der Waals surface area contributed by atoms with Gasteiger partial charge in [0.15, 0.2) is 0 Å². The van der Waals surface area contributed by atoms with Crippen LogP contribution in [0.2, 0.25) is 0 Å². The number of rotatable bonds is 2. The first-order valence-corrected chi connectivity index (χ1v) is 6.67. The minimum Gasteiger partial charge on any atom is -0.322 e. The third-order valence-corrected chi connectivity index (χ3v) is 3.67. The zero-order chi connectivity index (χ0) is 13.2. The van der Waals surface area contributed by atoms with Gasteiger partial charge in [-0.3, -0.25) is 9.78 Å². The van der Waals surface area contributed by atoms with E-state index in [2.05, 4.69) is 15.3 Å². The number of aromatic nitrogens is 2. The van der Waals surface area contributed by atoms with Gasteiger partial charge >= 0.3 is 0 Å². The highest BCUT2D eigenvalue weighted by molar-refractivity contribution is 7.16. The number of carbonyl (C=O) groups excluding carboxylic acids is 1. The molecule has 0 saturated heterocycles. The number of fused-ring (bicyclic) bond motifs is 1. The lowest BCUT2D eigenvalue weighted by Gasteiger charge is -2.07. The summed E-state index contributed by atoms with van der Waals surface area (Å²) in [6, 6.07) is 7.32. The lowest BCUT2D eigenvalue weighted by molar-refractivity contribution is 0.102. The molecule has 0 aliphatic carbocycles. The summed E-state index contributed by atoms with van der Waals surface area (Å²) >= 11 is 1.56. The molecule has 0 unspecified atom stereocenters. The number of amides is 1. The molecule has 5 heteroatoms. The Bertz CT molecular complexity index is 751. The molecule has 0 radical (unpaired) electrons. The van der Waals surface area contributed by atoms with E-state index in [1.165, 1.54) is 0 Å². The summed E-state index contributed by atoms with van der Waals surface area (Å²) in [4.78, 5) is 20.4. The molecule has 0 bridgehead atoms. The zero-order valence-electron chi connectivity index (χ0n) is 10.3. The van der Waals surface area contributed by atoms with Crippen molar-refractivity contribution in [1.82, 2.24) is 9.97 Å². The van der Waals surface area contributed by atoms with Crippen molar-refractivity contribution < 1.29 is 4.79 Å². The number of nitrogens with zero attached hydrogens (tertiary/aromatic N) is 2. The molecular weight excluding hydrogens is 258 g/mol. The summed E-state index contributed by atoms with van der Waals surface area (Å²) in [5.41, 5.74) is 4.95. The number of hydrogen-bond donors (Lipinski definition) is 1. The van der Waals surface area contributed by atoms with Crippen LogP contribution in [0.4, 0.5) is 5.69 Å². The average molecular weight is 269 g/mol. The van der Waals surface area contributed by atoms with E-state index in [-0.39, 0.29) is 5.91 Å². The highest BCUT2D eigenvalue weighted by Crippen LogP contribution is 2.20. The van der Waals surface area contributed by atoms with Gasteiger partial charge in [0.2, 0.25) is 0 Å². The van der Waals surface area contributed by atoms with Crippen molar-refractivity contribution in [2.75, 3.05) is 5.32 Å². The van der Waals surface area contributed by atoms with Gasteiger partial charge in [-0.25, -0.2) is 4.98 Å². The molecule has 0 aliphatic heterocycles. The second-order valence-electron chi connectivity index (χ2n) is 4.18. The van der Waals surface area contributed by atoms with Crippen LogP contribution in [0.25, 0.3) is 10.2 Å². The second-order valence-corrected chi connectivity index (χ2v) is 5.07. The first-order chi connectivity index (χ1) is 9.24. The Kier molecular flexibility index (Phi) is 2.97. The molecule has 0 spiro atoms. The molecule has 1 aromatic carbocycles. The summed E-state index contributed by atoms with van der Waals surface area (Å²) in [6.07, 6.45) is 3.38. The number of hydrogen-bond acceptors (Lipinski definition) is 4. The molecule has 3 aromatic rings. The predicted molar refractivity (Wildman–Crippen MR) is 76.5 cm³/mol. The minimum absolute atomic E-state index is 0.135. The summed E-state index contributed by atoms with van der Waals surface area (Å²) in [5, 5.41) is 2.88. The molecule has 4 nitrogen and oxygen atoms in total. The quantitative estimate of drug-likeness (QED) is 0.777. The number of anilines is 1. The number of carbonyl (C=O) groups is 1. The first kappa shape index (κ1) is 11.8. The molecule has 19 heavy (non-hydrogen) atoms. The monoisotopic (exact) mass is 269 g/mol. The van der Waals surface area contributed by atoms with E-state index in [1.807, 2.05) is 19.1 Å².